The van der Waals surface area contributed by atoms with Gasteiger partial charge < -0.3 is 10.4 Å². The van der Waals surface area contributed by atoms with Gasteiger partial charge in [0.1, 0.15) is 5.56 Å². The summed E-state index contributed by atoms with van der Waals surface area (Å²) in [6.07, 6.45) is -2.03. The van der Waals surface area contributed by atoms with Crippen LogP contribution in [0.4, 0.5) is 18.9 Å². The van der Waals surface area contributed by atoms with Crippen molar-refractivity contribution >= 4 is 29.3 Å². The summed E-state index contributed by atoms with van der Waals surface area (Å²) in [4.78, 5) is 22.6. The van der Waals surface area contributed by atoms with Crippen LogP contribution in [-0.2, 0) is 11.0 Å². The normalized spacial score (nSPS) is 11.4. The van der Waals surface area contributed by atoms with Crippen molar-refractivity contribution < 1.29 is 27.9 Å². The monoisotopic (exact) mass is 373 g/mol. The fourth-order valence-electron chi connectivity index (χ4n) is 2.08. The average Bonchev–Trinajstić information content (AvgIpc) is 2.99. The predicted molar refractivity (Wildman–Crippen MR) is 87.2 cm³/mol. The molecule has 0 aliphatic rings. The Morgan fingerprint density at radius 2 is 1.92 bits per heavy atom. The molecule has 0 saturated heterocycles. The lowest BCUT2D eigenvalue weighted by Crippen LogP contribution is -2.17. The first-order chi connectivity index (χ1) is 11.7. The Balaban J connectivity index is 2.29. The molecule has 0 spiro atoms. The molecule has 0 atom stereocenters. The van der Waals surface area contributed by atoms with Crippen molar-refractivity contribution in [1.29, 1.82) is 0 Å². The van der Waals surface area contributed by atoms with Crippen molar-refractivity contribution in [3.63, 3.8) is 0 Å². The van der Waals surface area contributed by atoms with Gasteiger partial charge in [-0.2, -0.15) is 30.0 Å². The maximum Gasteiger partial charge on any atom is 0.434 e. The summed E-state index contributed by atoms with van der Waals surface area (Å²) in [6, 6.07) is 5.49. The van der Waals surface area contributed by atoms with Gasteiger partial charge in [0.15, 0.2) is 5.69 Å². The van der Waals surface area contributed by atoms with E-state index in [-0.39, 0.29) is 11.6 Å². The summed E-state index contributed by atoms with van der Waals surface area (Å²) in [5.74, 6) is -1.26. The molecule has 2 aromatic rings. The number of rotatable bonds is 6. The topological polar surface area (TPSA) is 84.2 Å². The minimum Gasteiger partial charge on any atom is -0.478 e. The average molecular weight is 373 g/mol. The summed E-state index contributed by atoms with van der Waals surface area (Å²) in [7, 11) is 0. The summed E-state index contributed by atoms with van der Waals surface area (Å²) in [5, 5.41) is 15.1. The molecule has 10 heteroatoms. The van der Waals surface area contributed by atoms with Gasteiger partial charge in [-0.25, -0.2) is 9.48 Å². The third-order valence-electron chi connectivity index (χ3n) is 3.20. The third-order valence-corrected chi connectivity index (χ3v) is 3.81. The molecule has 1 amide bonds. The second-order valence-electron chi connectivity index (χ2n) is 4.96. The van der Waals surface area contributed by atoms with Crippen molar-refractivity contribution in [2.24, 2.45) is 0 Å². The van der Waals surface area contributed by atoms with Gasteiger partial charge in [-0.15, -0.1) is 0 Å². The zero-order valence-electron chi connectivity index (χ0n) is 13.0. The van der Waals surface area contributed by atoms with Crippen molar-refractivity contribution in [2.45, 2.75) is 12.6 Å². The number of benzene rings is 1. The summed E-state index contributed by atoms with van der Waals surface area (Å²) < 4.78 is 40.0. The zero-order chi connectivity index (χ0) is 18.6. The summed E-state index contributed by atoms with van der Waals surface area (Å²) >= 11 is 1.52. The largest absolute Gasteiger partial charge is 0.478 e. The molecule has 0 unspecified atom stereocenters. The quantitative estimate of drug-likeness (QED) is 0.812. The Kier molecular flexibility index (Phi) is 5.73. The Hall–Kier alpha value is -2.49. The van der Waals surface area contributed by atoms with Gasteiger partial charge in [-0.05, 0) is 30.5 Å². The molecule has 0 aliphatic heterocycles. The van der Waals surface area contributed by atoms with Gasteiger partial charge in [0.2, 0.25) is 5.91 Å². The summed E-state index contributed by atoms with van der Waals surface area (Å²) in [6.45, 7) is 0. The summed E-state index contributed by atoms with van der Waals surface area (Å²) in [5.41, 5.74) is -1.84. The molecule has 6 nitrogen and oxygen atoms in total. The maximum absolute atomic E-state index is 13.2. The van der Waals surface area contributed by atoms with E-state index in [0.29, 0.717) is 28.7 Å². The van der Waals surface area contributed by atoms with Crippen LogP contribution in [0.3, 0.4) is 0 Å². The molecule has 25 heavy (non-hydrogen) atoms. The van der Waals surface area contributed by atoms with Crippen LogP contribution >= 0.6 is 11.8 Å². The molecule has 1 aromatic heterocycles. The van der Waals surface area contributed by atoms with E-state index in [9.17, 15) is 22.8 Å². The number of anilines is 1. The number of aromatic nitrogens is 2. The maximum atomic E-state index is 13.2. The van der Waals surface area contributed by atoms with Gasteiger partial charge in [0.05, 0.1) is 11.9 Å². The minimum atomic E-state index is -4.88. The smallest absolute Gasteiger partial charge is 0.434 e. The van der Waals surface area contributed by atoms with Crippen molar-refractivity contribution in [2.75, 3.05) is 17.3 Å². The lowest BCUT2D eigenvalue weighted by Gasteiger charge is -2.12. The Bertz CT molecular complexity index is 773. The van der Waals surface area contributed by atoms with Crippen LogP contribution in [-0.4, -0.2) is 38.8 Å². The van der Waals surface area contributed by atoms with Gasteiger partial charge >= 0.3 is 12.1 Å². The Morgan fingerprint density at radius 1 is 1.28 bits per heavy atom. The molecule has 0 radical (unpaired) electrons. The van der Waals surface area contributed by atoms with Crippen LogP contribution in [0, 0.1) is 0 Å². The Morgan fingerprint density at radius 3 is 2.44 bits per heavy atom. The number of halogens is 3. The number of carboxylic acids is 1. The number of aromatic carboxylic acids is 1. The molecule has 1 heterocycles. The number of thioether (sulfide) groups is 1. The van der Waals surface area contributed by atoms with Gasteiger partial charge in [-0.3, -0.25) is 4.79 Å². The highest BCUT2D eigenvalue weighted by Crippen LogP contribution is 2.33. The van der Waals surface area contributed by atoms with E-state index in [1.54, 1.807) is 0 Å². The molecular weight excluding hydrogens is 359 g/mol. The molecule has 0 bridgehead atoms. The lowest BCUT2D eigenvalue weighted by molar-refractivity contribution is -0.143. The number of carbonyl (C=O) groups excluding carboxylic acids is 1. The lowest BCUT2D eigenvalue weighted by atomic mass is 10.2. The molecule has 2 rings (SSSR count). The van der Waals surface area contributed by atoms with Crippen LogP contribution in [0.25, 0.3) is 5.69 Å². The van der Waals surface area contributed by atoms with E-state index in [2.05, 4.69) is 10.4 Å². The van der Waals surface area contributed by atoms with Crippen LogP contribution < -0.4 is 5.32 Å². The predicted octanol–water partition coefficient (Wildman–Crippen LogP) is 3.28. The van der Waals surface area contributed by atoms with Crippen molar-refractivity contribution in [3.8, 4) is 5.69 Å². The molecular formula is C15H14F3N3O3S. The number of nitrogens with one attached hydrogen (secondary N) is 1. The van der Waals surface area contributed by atoms with Crippen LogP contribution in [0.1, 0.15) is 22.5 Å². The standard InChI is InChI=1S/C15H14F3N3O3S/c1-25-7-6-12(22)20-9-2-4-10(5-3-9)21-13(15(16,17)18)11(8-19-21)14(23)24/h2-5,8H,6-7H2,1H3,(H,20,22)(H,23,24). The van der Waals surface area contributed by atoms with E-state index in [1.165, 1.54) is 36.0 Å². The molecule has 0 aliphatic carbocycles. The highest BCUT2D eigenvalue weighted by molar-refractivity contribution is 7.98. The minimum absolute atomic E-state index is 0.0296. The second kappa shape index (κ2) is 7.60. The van der Waals surface area contributed by atoms with Crippen LogP contribution in [0.15, 0.2) is 30.5 Å². The second-order valence-corrected chi connectivity index (χ2v) is 5.95. The number of hydrogen-bond donors (Lipinski definition) is 2. The molecule has 1 aromatic carbocycles. The number of nitrogens with zero attached hydrogens (tertiary/aromatic N) is 2. The van der Waals surface area contributed by atoms with E-state index < -0.39 is 23.4 Å². The number of amides is 1. The fraction of sp³-hybridized carbons (Fsp3) is 0.267. The van der Waals surface area contributed by atoms with Gasteiger partial charge in [0, 0.05) is 17.9 Å². The molecule has 2 N–H and O–H groups in total. The van der Waals surface area contributed by atoms with E-state index >= 15 is 0 Å². The van der Waals surface area contributed by atoms with Crippen molar-refractivity contribution in [3.05, 3.63) is 41.7 Å². The highest BCUT2D eigenvalue weighted by Gasteiger charge is 2.40. The Labute approximate surface area is 145 Å². The number of hydrogen-bond acceptors (Lipinski definition) is 4. The van der Waals surface area contributed by atoms with E-state index in [1.807, 2.05) is 6.26 Å². The van der Waals surface area contributed by atoms with Gasteiger partial charge in [0.25, 0.3) is 0 Å². The highest BCUT2D eigenvalue weighted by atomic mass is 32.2. The zero-order valence-corrected chi connectivity index (χ0v) is 13.8. The van der Waals surface area contributed by atoms with E-state index in [4.69, 9.17) is 5.11 Å². The van der Waals surface area contributed by atoms with E-state index in [0.717, 1.165) is 0 Å². The van der Waals surface area contributed by atoms with Crippen molar-refractivity contribution in [1.82, 2.24) is 9.78 Å². The third kappa shape index (κ3) is 4.53. The number of carbonyl (C=O) groups is 2. The molecule has 0 fully saturated rings. The molecule has 134 valence electrons. The number of carboxylic acid groups (broad SMARTS) is 1. The SMILES string of the molecule is CSCCC(=O)Nc1ccc(-n2ncc(C(=O)O)c2C(F)(F)F)cc1. The molecule has 0 saturated carbocycles. The number of alkyl halides is 3. The fourth-order valence-corrected chi connectivity index (χ4v) is 2.47. The van der Waals surface area contributed by atoms with Crippen LogP contribution in [0.2, 0.25) is 0 Å². The van der Waals surface area contributed by atoms with Gasteiger partial charge in [-0.1, -0.05) is 0 Å². The first kappa shape index (κ1) is 18.8. The first-order valence-corrected chi connectivity index (χ1v) is 8.41. The first-order valence-electron chi connectivity index (χ1n) is 7.01. The van der Waals surface area contributed by atoms with Crippen LogP contribution in [0.5, 0.6) is 0 Å².